The smallest absolute Gasteiger partial charge is 0.0658 e. The molecule has 0 radical (unpaired) electrons. The molecule has 18 heavy (non-hydrogen) atoms. The van der Waals surface area contributed by atoms with Crippen LogP contribution in [0.1, 0.15) is 52.0 Å². The van der Waals surface area contributed by atoms with Crippen LogP contribution in [0, 0.1) is 11.3 Å². The maximum absolute atomic E-state index is 10.8. The Hall–Kier alpha value is -0.830. The van der Waals surface area contributed by atoms with E-state index in [1.807, 2.05) is 24.1 Å². The largest absolute Gasteiger partial charge is 0.390 e. The Bertz CT molecular complexity index is 410. The predicted octanol–water partition coefficient (Wildman–Crippen LogP) is 2.93. The lowest BCUT2D eigenvalue weighted by Crippen LogP contribution is -2.42. The molecule has 1 aromatic heterocycles. The molecule has 1 heterocycles. The highest BCUT2D eigenvalue weighted by Crippen LogP contribution is 2.45. The second kappa shape index (κ2) is 4.69. The Morgan fingerprint density at radius 3 is 2.72 bits per heavy atom. The zero-order valence-corrected chi connectivity index (χ0v) is 12.1. The van der Waals surface area contributed by atoms with Crippen molar-refractivity contribution < 1.29 is 5.11 Å². The van der Waals surface area contributed by atoms with Crippen LogP contribution in [-0.4, -0.2) is 20.5 Å². The van der Waals surface area contributed by atoms with Crippen molar-refractivity contribution in [2.24, 2.45) is 18.4 Å². The molecule has 1 fully saturated rings. The standard InChI is InChI=1S/C15H26N2O/c1-12-7-14(2,3)11-15(18,8-12)6-5-13-9-16-17(4)10-13/h9-10,12,18H,5-8,11H2,1-4H3. The Morgan fingerprint density at radius 1 is 1.44 bits per heavy atom. The fourth-order valence-electron chi connectivity index (χ4n) is 3.87. The SMILES string of the molecule is CC1CC(C)(C)CC(O)(CCc2cnn(C)c2)C1. The van der Waals surface area contributed by atoms with Gasteiger partial charge in [0.2, 0.25) is 0 Å². The number of hydrogen-bond acceptors (Lipinski definition) is 2. The molecule has 3 nitrogen and oxygen atoms in total. The molecule has 0 spiro atoms. The molecule has 1 aromatic rings. The van der Waals surface area contributed by atoms with Gasteiger partial charge in [-0.2, -0.15) is 5.10 Å². The molecule has 1 N–H and O–H groups in total. The lowest BCUT2D eigenvalue weighted by atomic mass is 9.64. The first-order valence-electron chi connectivity index (χ1n) is 6.98. The first kappa shape index (κ1) is 13.6. The van der Waals surface area contributed by atoms with E-state index in [-0.39, 0.29) is 5.41 Å². The van der Waals surface area contributed by atoms with E-state index in [0.717, 1.165) is 25.7 Å². The van der Waals surface area contributed by atoms with Crippen LogP contribution >= 0.6 is 0 Å². The molecule has 0 saturated heterocycles. The van der Waals surface area contributed by atoms with E-state index in [4.69, 9.17) is 0 Å². The lowest BCUT2D eigenvalue weighted by molar-refractivity contribution is -0.0633. The highest BCUT2D eigenvalue weighted by atomic mass is 16.3. The highest BCUT2D eigenvalue weighted by Gasteiger charge is 2.41. The van der Waals surface area contributed by atoms with Crippen LogP contribution in [0.5, 0.6) is 0 Å². The van der Waals surface area contributed by atoms with Gasteiger partial charge in [0.15, 0.2) is 0 Å². The quantitative estimate of drug-likeness (QED) is 0.895. The van der Waals surface area contributed by atoms with Crippen molar-refractivity contribution >= 4 is 0 Å². The zero-order chi connectivity index (χ0) is 13.4. The highest BCUT2D eigenvalue weighted by molar-refractivity contribution is 5.05. The van der Waals surface area contributed by atoms with Crippen molar-refractivity contribution in [1.29, 1.82) is 0 Å². The van der Waals surface area contributed by atoms with Gasteiger partial charge in [-0.3, -0.25) is 4.68 Å². The van der Waals surface area contributed by atoms with Crippen LogP contribution in [0.25, 0.3) is 0 Å². The fourth-order valence-corrected chi connectivity index (χ4v) is 3.87. The van der Waals surface area contributed by atoms with Gasteiger partial charge in [-0.25, -0.2) is 0 Å². The Kier molecular flexibility index (Phi) is 3.54. The van der Waals surface area contributed by atoms with E-state index in [9.17, 15) is 5.11 Å². The van der Waals surface area contributed by atoms with E-state index in [0.29, 0.717) is 5.92 Å². The molecule has 1 saturated carbocycles. The van der Waals surface area contributed by atoms with Gasteiger partial charge in [0.25, 0.3) is 0 Å². The van der Waals surface area contributed by atoms with Crippen molar-refractivity contribution in [1.82, 2.24) is 9.78 Å². The zero-order valence-electron chi connectivity index (χ0n) is 12.1. The van der Waals surface area contributed by atoms with Crippen LogP contribution in [0.15, 0.2) is 12.4 Å². The molecular weight excluding hydrogens is 224 g/mol. The monoisotopic (exact) mass is 250 g/mol. The van der Waals surface area contributed by atoms with Crippen LogP contribution in [-0.2, 0) is 13.5 Å². The Morgan fingerprint density at radius 2 is 2.17 bits per heavy atom. The van der Waals surface area contributed by atoms with E-state index in [2.05, 4.69) is 25.9 Å². The summed E-state index contributed by atoms with van der Waals surface area (Å²) in [6, 6.07) is 0. The lowest BCUT2D eigenvalue weighted by Gasteiger charge is -2.44. The van der Waals surface area contributed by atoms with Crippen LogP contribution < -0.4 is 0 Å². The third-order valence-corrected chi connectivity index (χ3v) is 4.07. The van der Waals surface area contributed by atoms with Gasteiger partial charge in [-0.15, -0.1) is 0 Å². The molecule has 1 aliphatic carbocycles. The Balaban J connectivity index is 1.98. The Labute approximate surface area is 110 Å². The summed E-state index contributed by atoms with van der Waals surface area (Å²) < 4.78 is 1.83. The normalized spacial score (nSPS) is 31.5. The maximum Gasteiger partial charge on any atom is 0.0658 e. The minimum atomic E-state index is -0.489. The van der Waals surface area contributed by atoms with Crippen LogP contribution in [0.4, 0.5) is 0 Å². The van der Waals surface area contributed by atoms with Crippen molar-refractivity contribution in [2.45, 2.75) is 58.5 Å². The topological polar surface area (TPSA) is 38.1 Å². The first-order chi connectivity index (χ1) is 8.28. The summed E-state index contributed by atoms with van der Waals surface area (Å²) in [5.74, 6) is 0.618. The molecule has 2 atom stereocenters. The number of aromatic nitrogens is 2. The van der Waals surface area contributed by atoms with Crippen LogP contribution in [0.2, 0.25) is 0 Å². The summed E-state index contributed by atoms with van der Waals surface area (Å²) in [6.07, 6.45) is 8.81. The summed E-state index contributed by atoms with van der Waals surface area (Å²) in [5.41, 5.74) is 1.00. The summed E-state index contributed by atoms with van der Waals surface area (Å²) in [7, 11) is 1.93. The van der Waals surface area contributed by atoms with Crippen molar-refractivity contribution in [3.8, 4) is 0 Å². The summed E-state index contributed by atoms with van der Waals surface area (Å²) in [4.78, 5) is 0. The molecular formula is C15H26N2O. The summed E-state index contributed by atoms with van der Waals surface area (Å²) in [6.45, 7) is 6.81. The van der Waals surface area contributed by atoms with Crippen molar-refractivity contribution in [3.05, 3.63) is 18.0 Å². The minimum absolute atomic E-state index is 0.265. The maximum atomic E-state index is 10.8. The fraction of sp³-hybridized carbons (Fsp3) is 0.800. The summed E-state index contributed by atoms with van der Waals surface area (Å²) >= 11 is 0. The number of aliphatic hydroxyl groups is 1. The number of hydrogen-bond donors (Lipinski definition) is 1. The van der Waals surface area contributed by atoms with Gasteiger partial charge in [0, 0.05) is 13.2 Å². The van der Waals surface area contributed by atoms with E-state index >= 15 is 0 Å². The van der Waals surface area contributed by atoms with Gasteiger partial charge in [-0.1, -0.05) is 20.8 Å². The molecule has 102 valence electrons. The van der Waals surface area contributed by atoms with Crippen LogP contribution in [0.3, 0.4) is 0 Å². The van der Waals surface area contributed by atoms with Gasteiger partial charge >= 0.3 is 0 Å². The van der Waals surface area contributed by atoms with Crippen molar-refractivity contribution in [3.63, 3.8) is 0 Å². The van der Waals surface area contributed by atoms with E-state index < -0.39 is 5.60 Å². The third-order valence-electron chi connectivity index (χ3n) is 4.07. The van der Waals surface area contributed by atoms with Gasteiger partial charge in [0.05, 0.1) is 11.8 Å². The molecule has 0 amide bonds. The van der Waals surface area contributed by atoms with Gasteiger partial charge in [-0.05, 0) is 49.0 Å². The molecule has 2 rings (SSSR count). The molecule has 3 heteroatoms. The number of aryl methyl sites for hydroxylation is 2. The number of nitrogens with zero attached hydrogens (tertiary/aromatic N) is 2. The van der Waals surface area contributed by atoms with Gasteiger partial charge < -0.3 is 5.11 Å². The third kappa shape index (κ3) is 3.35. The van der Waals surface area contributed by atoms with E-state index in [1.165, 1.54) is 12.0 Å². The minimum Gasteiger partial charge on any atom is -0.390 e. The summed E-state index contributed by atoms with van der Waals surface area (Å²) in [5, 5.41) is 15.0. The molecule has 1 aliphatic rings. The predicted molar refractivity (Wildman–Crippen MR) is 73.3 cm³/mol. The first-order valence-corrected chi connectivity index (χ1v) is 6.98. The van der Waals surface area contributed by atoms with Gasteiger partial charge in [0.1, 0.15) is 0 Å². The second-order valence-electron chi connectivity index (χ2n) is 7.10. The molecule has 2 unspecified atom stereocenters. The molecule has 0 aliphatic heterocycles. The molecule has 0 aromatic carbocycles. The van der Waals surface area contributed by atoms with Crippen molar-refractivity contribution in [2.75, 3.05) is 0 Å². The average molecular weight is 250 g/mol. The van der Waals surface area contributed by atoms with E-state index in [1.54, 1.807) is 0 Å². The second-order valence-corrected chi connectivity index (χ2v) is 7.10. The average Bonchev–Trinajstić information content (AvgIpc) is 2.57. The number of rotatable bonds is 3. The molecule has 0 bridgehead atoms.